The zero-order chi connectivity index (χ0) is 22.8. The highest BCUT2D eigenvalue weighted by Crippen LogP contribution is 2.38. The Morgan fingerprint density at radius 3 is 2.24 bits per heavy atom. The predicted octanol–water partition coefficient (Wildman–Crippen LogP) is 2.56. The number of pyridine rings is 1. The van der Waals surface area contributed by atoms with Crippen molar-refractivity contribution in [3.8, 4) is 0 Å². The molecule has 2 saturated heterocycles. The van der Waals surface area contributed by atoms with E-state index < -0.39 is 5.41 Å². The Labute approximate surface area is 194 Å². The van der Waals surface area contributed by atoms with Crippen LogP contribution < -0.4 is 0 Å². The van der Waals surface area contributed by atoms with Crippen molar-refractivity contribution in [1.29, 1.82) is 0 Å². The smallest absolute Gasteiger partial charge is 0.233 e. The van der Waals surface area contributed by atoms with Gasteiger partial charge in [0.1, 0.15) is 5.65 Å². The van der Waals surface area contributed by atoms with Crippen LogP contribution in [0.5, 0.6) is 0 Å². The third-order valence-electron chi connectivity index (χ3n) is 7.26. The average molecular weight is 446 g/mol. The summed E-state index contributed by atoms with van der Waals surface area (Å²) in [5.74, 6) is 0.300. The first-order chi connectivity index (χ1) is 16.0. The second-order valence-corrected chi connectivity index (χ2v) is 9.22. The third-order valence-corrected chi connectivity index (χ3v) is 7.26. The average Bonchev–Trinajstić information content (AvgIpc) is 3.27. The van der Waals surface area contributed by atoms with Crippen LogP contribution >= 0.6 is 0 Å². The molecule has 2 fully saturated rings. The summed E-state index contributed by atoms with van der Waals surface area (Å²) in [7, 11) is 0. The summed E-state index contributed by atoms with van der Waals surface area (Å²) in [6.07, 6.45) is 5.46. The number of rotatable bonds is 4. The number of hydrogen-bond acceptors (Lipinski definition) is 4. The molecule has 172 valence electrons. The number of piperazine rings is 1. The SMILES string of the molecule is CC(=O)N1CCC(C(=O)N2CCN(Cc3cn4ccccc4n3)CC2)(c2ccccc2)CC1. The summed E-state index contributed by atoms with van der Waals surface area (Å²) in [5, 5.41) is 0. The van der Waals surface area contributed by atoms with E-state index >= 15 is 0 Å². The summed E-state index contributed by atoms with van der Waals surface area (Å²) in [6, 6.07) is 16.2. The lowest BCUT2D eigenvalue weighted by atomic mass is 9.71. The van der Waals surface area contributed by atoms with Crippen LogP contribution in [0.4, 0.5) is 0 Å². The molecule has 0 radical (unpaired) electrons. The van der Waals surface area contributed by atoms with E-state index in [2.05, 4.69) is 23.2 Å². The predicted molar refractivity (Wildman–Crippen MR) is 127 cm³/mol. The molecule has 0 atom stereocenters. The Morgan fingerprint density at radius 1 is 0.879 bits per heavy atom. The van der Waals surface area contributed by atoms with E-state index in [9.17, 15) is 9.59 Å². The molecule has 3 aromatic rings. The van der Waals surface area contributed by atoms with Crippen LogP contribution in [-0.4, -0.2) is 75.2 Å². The van der Waals surface area contributed by atoms with Gasteiger partial charge in [0.05, 0.1) is 11.1 Å². The van der Waals surface area contributed by atoms with Gasteiger partial charge in [-0.05, 0) is 30.5 Å². The van der Waals surface area contributed by atoms with Crippen molar-refractivity contribution in [2.75, 3.05) is 39.3 Å². The first-order valence-corrected chi connectivity index (χ1v) is 11.8. The summed E-state index contributed by atoms with van der Waals surface area (Å²) in [6.45, 7) is 6.77. The standard InChI is InChI=1S/C26H31N5O2/c1-21(32)29-13-10-26(11-14-29,22-7-3-2-4-8-22)25(33)30-17-15-28(16-18-30)19-23-20-31-12-6-5-9-24(31)27-23/h2-9,12,20H,10-11,13-19H2,1H3. The molecule has 2 aliphatic rings. The Kier molecular flexibility index (Phi) is 5.89. The van der Waals surface area contributed by atoms with Gasteiger partial charge in [0.15, 0.2) is 0 Å². The largest absolute Gasteiger partial charge is 0.343 e. The van der Waals surface area contributed by atoms with Crippen LogP contribution in [0, 0.1) is 0 Å². The molecule has 5 rings (SSSR count). The fourth-order valence-corrected chi connectivity index (χ4v) is 5.29. The molecule has 0 unspecified atom stereocenters. The van der Waals surface area contributed by atoms with E-state index in [-0.39, 0.29) is 11.8 Å². The lowest BCUT2D eigenvalue weighted by molar-refractivity contribution is -0.144. The number of aromatic nitrogens is 2. The zero-order valence-electron chi connectivity index (χ0n) is 19.2. The number of carbonyl (C=O) groups excluding carboxylic acids is 2. The van der Waals surface area contributed by atoms with Crippen molar-refractivity contribution >= 4 is 17.5 Å². The molecule has 0 aliphatic carbocycles. The first kappa shape index (κ1) is 21.6. The van der Waals surface area contributed by atoms with Crippen molar-refractivity contribution in [2.45, 2.75) is 31.7 Å². The molecule has 33 heavy (non-hydrogen) atoms. The fraction of sp³-hybridized carbons (Fsp3) is 0.423. The van der Waals surface area contributed by atoms with Gasteiger partial charge >= 0.3 is 0 Å². The molecule has 0 spiro atoms. The molecule has 0 bridgehead atoms. The minimum absolute atomic E-state index is 0.0877. The number of likely N-dealkylation sites (tertiary alicyclic amines) is 1. The molecule has 2 amide bonds. The van der Waals surface area contributed by atoms with Crippen LogP contribution in [-0.2, 0) is 21.5 Å². The van der Waals surface area contributed by atoms with Gasteiger partial charge in [0, 0.05) is 65.1 Å². The summed E-state index contributed by atoms with van der Waals surface area (Å²) in [5.41, 5.74) is 2.54. The van der Waals surface area contributed by atoms with E-state index in [1.54, 1.807) is 6.92 Å². The number of amides is 2. The molecular weight excluding hydrogens is 414 g/mol. The van der Waals surface area contributed by atoms with E-state index in [4.69, 9.17) is 4.98 Å². The van der Waals surface area contributed by atoms with Crippen LogP contribution in [0.3, 0.4) is 0 Å². The number of benzene rings is 1. The Hall–Kier alpha value is -3.19. The van der Waals surface area contributed by atoms with Crippen molar-refractivity contribution in [3.05, 3.63) is 72.2 Å². The summed E-state index contributed by atoms with van der Waals surface area (Å²) >= 11 is 0. The third kappa shape index (κ3) is 4.25. The summed E-state index contributed by atoms with van der Waals surface area (Å²) in [4.78, 5) is 36.8. The van der Waals surface area contributed by atoms with E-state index in [0.717, 1.165) is 49.6 Å². The quantitative estimate of drug-likeness (QED) is 0.619. The maximum absolute atomic E-state index is 13.9. The van der Waals surface area contributed by atoms with Gasteiger partial charge in [0.2, 0.25) is 11.8 Å². The van der Waals surface area contributed by atoms with Gasteiger partial charge in [-0.3, -0.25) is 14.5 Å². The van der Waals surface area contributed by atoms with Crippen LogP contribution in [0.1, 0.15) is 31.0 Å². The fourth-order valence-electron chi connectivity index (χ4n) is 5.29. The second kappa shape index (κ2) is 8.98. The monoisotopic (exact) mass is 445 g/mol. The number of hydrogen-bond donors (Lipinski definition) is 0. The van der Waals surface area contributed by atoms with Crippen LogP contribution in [0.15, 0.2) is 60.9 Å². The lowest BCUT2D eigenvalue weighted by Gasteiger charge is -2.45. The normalized spacial score (nSPS) is 19.1. The van der Waals surface area contributed by atoms with E-state index in [1.165, 1.54) is 0 Å². The Bertz CT molecular complexity index is 1090. The molecule has 7 nitrogen and oxygen atoms in total. The molecule has 7 heteroatoms. The highest BCUT2D eigenvalue weighted by molar-refractivity contribution is 5.89. The lowest BCUT2D eigenvalue weighted by Crippen LogP contribution is -2.57. The number of imidazole rings is 1. The highest BCUT2D eigenvalue weighted by Gasteiger charge is 2.45. The van der Waals surface area contributed by atoms with Gasteiger partial charge in [-0.1, -0.05) is 36.4 Å². The number of nitrogens with zero attached hydrogens (tertiary/aromatic N) is 5. The molecule has 2 aliphatic heterocycles. The Balaban J connectivity index is 1.27. The second-order valence-electron chi connectivity index (χ2n) is 9.22. The highest BCUT2D eigenvalue weighted by atomic mass is 16.2. The zero-order valence-corrected chi connectivity index (χ0v) is 19.2. The van der Waals surface area contributed by atoms with Crippen molar-refractivity contribution in [2.24, 2.45) is 0 Å². The van der Waals surface area contributed by atoms with Crippen molar-refractivity contribution < 1.29 is 9.59 Å². The maximum Gasteiger partial charge on any atom is 0.233 e. The Morgan fingerprint density at radius 2 is 1.58 bits per heavy atom. The molecule has 4 heterocycles. The van der Waals surface area contributed by atoms with Gasteiger partial charge in [-0.2, -0.15) is 0 Å². The molecular formula is C26H31N5O2. The van der Waals surface area contributed by atoms with Crippen LogP contribution in [0.25, 0.3) is 5.65 Å². The number of fused-ring (bicyclic) bond motifs is 1. The van der Waals surface area contributed by atoms with Crippen molar-refractivity contribution in [3.63, 3.8) is 0 Å². The number of piperidine rings is 1. The number of carbonyl (C=O) groups is 2. The first-order valence-electron chi connectivity index (χ1n) is 11.8. The van der Waals surface area contributed by atoms with Gasteiger partial charge < -0.3 is 14.2 Å². The molecule has 0 saturated carbocycles. The molecule has 1 aromatic carbocycles. The van der Waals surface area contributed by atoms with Crippen LogP contribution in [0.2, 0.25) is 0 Å². The van der Waals surface area contributed by atoms with Crippen molar-refractivity contribution in [1.82, 2.24) is 24.1 Å². The maximum atomic E-state index is 13.9. The van der Waals surface area contributed by atoms with Gasteiger partial charge in [-0.15, -0.1) is 0 Å². The van der Waals surface area contributed by atoms with E-state index in [0.29, 0.717) is 25.9 Å². The van der Waals surface area contributed by atoms with Gasteiger partial charge in [0.25, 0.3) is 0 Å². The summed E-state index contributed by atoms with van der Waals surface area (Å²) < 4.78 is 2.05. The topological polar surface area (TPSA) is 61.2 Å². The minimum Gasteiger partial charge on any atom is -0.343 e. The molecule has 0 N–H and O–H groups in total. The minimum atomic E-state index is -0.545. The van der Waals surface area contributed by atoms with E-state index in [1.807, 2.05) is 56.8 Å². The van der Waals surface area contributed by atoms with Gasteiger partial charge in [-0.25, -0.2) is 4.98 Å². The molecule has 2 aromatic heterocycles.